The number of aliphatic carboxylic acids is 2. The maximum Gasteiger partial charge on any atom is 0.307 e. The molecule has 0 aliphatic rings. The van der Waals surface area contributed by atoms with Crippen LogP contribution in [0.2, 0.25) is 0 Å². The molecule has 3 N–H and O–H groups in total. The minimum Gasteiger partial charge on any atom is -0.481 e. The Morgan fingerprint density at radius 3 is 2.27 bits per heavy atom. The number of carbonyl (C=O) groups excluding carboxylic acids is 1. The van der Waals surface area contributed by atoms with Gasteiger partial charge in [0.1, 0.15) is 6.61 Å². The van der Waals surface area contributed by atoms with Gasteiger partial charge in [0.25, 0.3) is 0 Å². The molecular formula is C18H24O8. The molecule has 1 rings (SSSR count). The van der Waals surface area contributed by atoms with Crippen molar-refractivity contribution in [3.05, 3.63) is 35.9 Å². The van der Waals surface area contributed by atoms with Gasteiger partial charge in [0.15, 0.2) is 0 Å². The smallest absolute Gasteiger partial charge is 0.307 e. The Morgan fingerprint density at radius 1 is 1.15 bits per heavy atom. The van der Waals surface area contributed by atoms with E-state index in [2.05, 4.69) is 0 Å². The lowest BCUT2D eigenvalue weighted by Gasteiger charge is -2.38. The third-order valence-corrected chi connectivity index (χ3v) is 4.20. The molecule has 0 heterocycles. The molecule has 0 aliphatic heterocycles. The highest BCUT2D eigenvalue weighted by atomic mass is 16.5. The lowest BCUT2D eigenvalue weighted by molar-refractivity contribution is -0.167. The van der Waals surface area contributed by atoms with E-state index in [0.29, 0.717) is 0 Å². The normalized spacial score (nSPS) is 15.5. The fourth-order valence-electron chi connectivity index (χ4n) is 2.56. The van der Waals surface area contributed by atoms with Gasteiger partial charge < -0.3 is 24.8 Å². The molecule has 2 unspecified atom stereocenters. The number of hydrogen-bond donors (Lipinski definition) is 3. The van der Waals surface area contributed by atoms with E-state index in [9.17, 15) is 24.6 Å². The lowest BCUT2D eigenvalue weighted by atomic mass is 9.71. The predicted molar refractivity (Wildman–Crippen MR) is 90.2 cm³/mol. The lowest BCUT2D eigenvalue weighted by Crippen LogP contribution is -2.49. The third-order valence-electron chi connectivity index (χ3n) is 4.20. The van der Waals surface area contributed by atoms with Crippen LogP contribution in [0, 0.1) is 11.3 Å². The first kappa shape index (κ1) is 21.6. The van der Waals surface area contributed by atoms with Crippen LogP contribution < -0.4 is 0 Å². The van der Waals surface area contributed by atoms with Crippen LogP contribution in [0.4, 0.5) is 0 Å². The zero-order valence-corrected chi connectivity index (χ0v) is 14.8. The number of ether oxygens (including phenoxy) is 2. The van der Waals surface area contributed by atoms with Gasteiger partial charge in [-0.15, -0.1) is 0 Å². The second-order valence-electron chi connectivity index (χ2n) is 6.29. The second kappa shape index (κ2) is 9.88. The Morgan fingerprint density at radius 2 is 1.77 bits per heavy atom. The van der Waals surface area contributed by atoms with Gasteiger partial charge >= 0.3 is 17.9 Å². The molecule has 0 radical (unpaired) electrons. The van der Waals surface area contributed by atoms with E-state index in [1.54, 1.807) is 0 Å². The van der Waals surface area contributed by atoms with Crippen LogP contribution in [0.25, 0.3) is 0 Å². The summed E-state index contributed by atoms with van der Waals surface area (Å²) < 4.78 is 10.3. The van der Waals surface area contributed by atoms with Crippen molar-refractivity contribution in [2.24, 2.45) is 11.3 Å². The summed E-state index contributed by atoms with van der Waals surface area (Å²) in [6.07, 6.45) is -2.11. The summed E-state index contributed by atoms with van der Waals surface area (Å²) in [6, 6.07) is 9.11. The summed E-state index contributed by atoms with van der Waals surface area (Å²) in [7, 11) is 0. The zero-order chi connectivity index (χ0) is 19.7. The van der Waals surface area contributed by atoms with Gasteiger partial charge in [-0.2, -0.15) is 0 Å². The Balaban J connectivity index is 2.95. The van der Waals surface area contributed by atoms with E-state index in [-0.39, 0.29) is 13.2 Å². The third kappa shape index (κ3) is 6.45. The molecule has 26 heavy (non-hydrogen) atoms. The predicted octanol–water partition coefficient (Wildman–Crippen LogP) is 1.31. The largest absolute Gasteiger partial charge is 0.481 e. The minimum absolute atomic E-state index is 0.163. The summed E-state index contributed by atoms with van der Waals surface area (Å²) in [5, 5.41) is 28.9. The number of esters is 1. The maximum atomic E-state index is 11.6. The number of carboxylic acids is 2. The van der Waals surface area contributed by atoms with Gasteiger partial charge in [-0.1, -0.05) is 37.3 Å². The Kier molecular flexibility index (Phi) is 8.21. The van der Waals surface area contributed by atoms with Gasteiger partial charge in [0.05, 0.1) is 31.7 Å². The Hall–Kier alpha value is -2.45. The minimum atomic E-state index is -1.48. The SMILES string of the molecule is CC(=O)OCC(O)C(C)(COCc1ccccc1)[C@@H](CC(=O)O)C(=O)O. The highest BCUT2D eigenvalue weighted by Crippen LogP contribution is 2.35. The summed E-state index contributed by atoms with van der Waals surface area (Å²) >= 11 is 0. The standard InChI is InChI=1S/C18H24O8/c1-12(19)26-10-15(20)18(2,14(17(23)24)8-16(21)22)11-25-9-13-6-4-3-5-7-13/h3-7,14-15,20H,8-11H2,1-2H3,(H,21,22)(H,23,24)/t14-,15?,18?/m0/s1. The van der Waals surface area contributed by atoms with E-state index >= 15 is 0 Å². The molecule has 1 aromatic carbocycles. The van der Waals surface area contributed by atoms with Crippen molar-refractivity contribution in [3.8, 4) is 0 Å². The number of benzene rings is 1. The molecule has 0 saturated heterocycles. The Bertz CT molecular complexity index is 615. The molecule has 0 saturated carbocycles. The van der Waals surface area contributed by atoms with E-state index in [1.807, 2.05) is 30.3 Å². The summed E-state index contributed by atoms with van der Waals surface area (Å²) in [6.45, 7) is 2.05. The zero-order valence-electron chi connectivity index (χ0n) is 14.8. The average Bonchev–Trinajstić information content (AvgIpc) is 2.57. The first-order chi connectivity index (χ1) is 12.2. The van der Waals surface area contributed by atoms with E-state index in [1.165, 1.54) is 6.92 Å². The molecule has 0 amide bonds. The van der Waals surface area contributed by atoms with Gasteiger partial charge in [0, 0.05) is 12.3 Å². The topological polar surface area (TPSA) is 130 Å². The van der Waals surface area contributed by atoms with Crippen molar-refractivity contribution in [1.29, 1.82) is 0 Å². The van der Waals surface area contributed by atoms with Crippen molar-refractivity contribution in [1.82, 2.24) is 0 Å². The van der Waals surface area contributed by atoms with Crippen molar-refractivity contribution in [2.75, 3.05) is 13.2 Å². The molecule has 0 spiro atoms. The summed E-state index contributed by atoms with van der Waals surface area (Å²) in [5.41, 5.74) is -0.636. The molecule has 3 atom stereocenters. The quantitative estimate of drug-likeness (QED) is 0.498. The van der Waals surface area contributed by atoms with Crippen LogP contribution in [0.15, 0.2) is 30.3 Å². The second-order valence-corrected chi connectivity index (χ2v) is 6.29. The van der Waals surface area contributed by atoms with Gasteiger partial charge in [-0.25, -0.2) is 0 Å². The number of carboxylic acid groups (broad SMARTS) is 2. The van der Waals surface area contributed by atoms with E-state index in [4.69, 9.17) is 14.6 Å². The fourth-order valence-corrected chi connectivity index (χ4v) is 2.56. The fraction of sp³-hybridized carbons (Fsp3) is 0.500. The number of hydrogen-bond acceptors (Lipinski definition) is 6. The van der Waals surface area contributed by atoms with Crippen LogP contribution in [0.1, 0.15) is 25.8 Å². The number of aliphatic hydroxyl groups is 1. The average molecular weight is 368 g/mol. The number of aliphatic hydroxyl groups excluding tert-OH is 1. The molecule has 144 valence electrons. The van der Waals surface area contributed by atoms with Crippen LogP contribution in [-0.2, 0) is 30.5 Å². The van der Waals surface area contributed by atoms with E-state index < -0.39 is 48.4 Å². The van der Waals surface area contributed by atoms with E-state index in [0.717, 1.165) is 12.5 Å². The molecule has 0 fully saturated rings. The van der Waals surface area contributed by atoms with Crippen molar-refractivity contribution < 1.29 is 39.2 Å². The molecule has 0 bridgehead atoms. The number of carbonyl (C=O) groups is 3. The molecule has 8 nitrogen and oxygen atoms in total. The van der Waals surface area contributed by atoms with Gasteiger partial charge in [0.2, 0.25) is 0 Å². The van der Waals surface area contributed by atoms with Crippen molar-refractivity contribution in [2.45, 2.75) is 33.0 Å². The number of rotatable bonds is 11. The Labute approximate surface area is 151 Å². The van der Waals surface area contributed by atoms with Gasteiger partial charge in [-0.3, -0.25) is 14.4 Å². The molecular weight excluding hydrogens is 344 g/mol. The highest BCUT2D eigenvalue weighted by molar-refractivity contribution is 5.78. The highest BCUT2D eigenvalue weighted by Gasteiger charge is 2.46. The molecule has 0 aromatic heterocycles. The molecule has 1 aromatic rings. The molecule has 8 heteroatoms. The van der Waals surface area contributed by atoms with Crippen LogP contribution >= 0.6 is 0 Å². The first-order valence-corrected chi connectivity index (χ1v) is 8.04. The van der Waals surface area contributed by atoms with Gasteiger partial charge in [-0.05, 0) is 5.56 Å². The van der Waals surface area contributed by atoms with Crippen LogP contribution in [-0.4, -0.2) is 52.5 Å². The maximum absolute atomic E-state index is 11.6. The van der Waals surface area contributed by atoms with Crippen molar-refractivity contribution >= 4 is 17.9 Å². The van der Waals surface area contributed by atoms with Crippen molar-refractivity contribution in [3.63, 3.8) is 0 Å². The van der Waals surface area contributed by atoms with Crippen LogP contribution in [0.5, 0.6) is 0 Å². The summed E-state index contributed by atoms with van der Waals surface area (Å²) in [4.78, 5) is 33.7. The summed E-state index contributed by atoms with van der Waals surface area (Å²) in [5.74, 6) is -4.76. The first-order valence-electron chi connectivity index (χ1n) is 8.04. The molecule has 0 aliphatic carbocycles. The van der Waals surface area contributed by atoms with Crippen LogP contribution in [0.3, 0.4) is 0 Å². The monoisotopic (exact) mass is 368 g/mol.